The normalized spacial score (nSPS) is 12.7. The molecule has 0 aliphatic rings. The molecule has 0 aliphatic heterocycles. The first-order valence-electron chi connectivity index (χ1n) is 11.9. The van der Waals surface area contributed by atoms with Gasteiger partial charge in [-0.2, -0.15) is 0 Å². The number of H-pyrrole nitrogens is 1. The standard InChI is InChI=1S/C27H34N4O4/c1-18(2)13-21(16-30-27(34)35-17-19-9-5-4-6-10-19)25(32)31-24(26(33)28-3)14-20-15-29-23-12-8-7-11-22(20)23/h4-12,15,18,21,24,29H,13-14,16-17H2,1-3H3,(H,28,33)(H,30,34)(H,31,32)/t21?,24-/m0/s1. The van der Waals surface area contributed by atoms with Crippen molar-refractivity contribution >= 4 is 28.8 Å². The van der Waals surface area contributed by atoms with E-state index in [0.717, 1.165) is 22.0 Å². The van der Waals surface area contributed by atoms with Gasteiger partial charge in [0.1, 0.15) is 12.6 Å². The molecule has 4 N–H and O–H groups in total. The van der Waals surface area contributed by atoms with Crippen molar-refractivity contribution in [2.45, 2.75) is 39.3 Å². The summed E-state index contributed by atoms with van der Waals surface area (Å²) in [5.74, 6) is -0.841. The first-order chi connectivity index (χ1) is 16.9. The van der Waals surface area contributed by atoms with Crippen molar-refractivity contribution in [2.24, 2.45) is 11.8 Å². The number of amides is 3. The lowest BCUT2D eigenvalue weighted by Crippen LogP contribution is -2.50. The number of aromatic amines is 1. The molecule has 1 heterocycles. The Morgan fingerprint density at radius 3 is 2.40 bits per heavy atom. The van der Waals surface area contributed by atoms with Crippen LogP contribution in [0.1, 0.15) is 31.4 Å². The van der Waals surface area contributed by atoms with Gasteiger partial charge in [-0.15, -0.1) is 0 Å². The van der Waals surface area contributed by atoms with E-state index in [1.165, 1.54) is 0 Å². The van der Waals surface area contributed by atoms with Gasteiger partial charge in [-0.1, -0.05) is 62.4 Å². The summed E-state index contributed by atoms with van der Waals surface area (Å²) in [7, 11) is 1.55. The van der Waals surface area contributed by atoms with Crippen LogP contribution in [0.25, 0.3) is 10.9 Å². The molecule has 0 bridgehead atoms. The number of fused-ring (bicyclic) bond motifs is 1. The molecular weight excluding hydrogens is 444 g/mol. The number of para-hydroxylation sites is 1. The van der Waals surface area contributed by atoms with E-state index in [1.54, 1.807) is 7.05 Å². The molecule has 3 aromatic rings. The molecule has 1 unspecified atom stereocenters. The monoisotopic (exact) mass is 478 g/mol. The summed E-state index contributed by atoms with van der Waals surface area (Å²) in [6, 6.07) is 16.5. The minimum Gasteiger partial charge on any atom is -0.445 e. The average Bonchev–Trinajstić information content (AvgIpc) is 3.27. The highest BCUT2D eigenvalue weighted by atomic mass is 16.5. The third kappa shape index (κ3) is 7.60. The Balaban J connectivity index is 1.62. The number of ether oxygens (including phenoxy) is 1. The summed E-state index contributed by atoms with van der Waals surface area (Å²) in [6.45, 7) is 4.29. The fourth-order valence-corrected chi connectivity index (χ4v) is 4.03. The minimum atomic E-state index is -0.744. The van der Waals surface area contributed by atoms with Gasteiger partial charge in [-0.3, -0.25) is 9.59 Å². The third-order valence-corrected chi connectivity index (χ3v) is 5.81. The van der Waals surface area contributed by atoms with Crippen LogP contribution in [0.2, 0.25) is 0 Å². The molecule has 1 aromatic heterocycles. The smallest absolute Gasteiger partial charge is 0.407 e. The van der Waals surface area contributed by atoms with Crippen LogP contribution >= 0.6 is 0 Å². The molecule has 3 rings (SSSR count). The third-order valence-electron chi connectivity index (χ3n) is 5.81. The van der Waals surface area contributed by atoms with Gasteiger partial charge in [-0.25, -0.2) is 4.79 Å². The van der Waals surface area contributed by atoms with Gasteiger partial charge in [0.2, 0.25) is 11.8 Å². The van der Waals surface area contributed by atoms with Gasteiger partial charge in [0, 0.05) is 37.1 Å². The Morgan fingerprint density at radius 1 is 0.971 bits per heavy atom. The quantitative estimate of drug-likeness (QED) is 0.338. The van der Waals surface area contributed by atoms with E-state index in [-0.39, 0.29) is 30.9 Å². The molecule has 8 nitrogen and oxygen atoms in total. The molecule has 0 aliphatic carbocycles. The summed E-state index contributed by atoms with van der Waals surface area (Å²) in [6.07, 6.45) is 2.18. The molecule has 0 radical (unpaired) electrons. The second kappa shape index (κ2) is 12.6. The number of likely N-dealkylation sites (N-methyl/N-ethyl adjacent to an activating group) is 1. The largest absolute Gasteiger partial charge is 0.445 e. The Kier molecular flexibility index (Phi) is 9.29. The summed E-state index contributed by atoms with van der Waals surface area (Å²) in [5, 5.41) is 9.25. The van der Waals surface area contributed by atoms with Crippen LogP contribution in [-0.4, -0.2) is 42.5 Å². The molecule has 0 spiro atoms. The molecule has 0 fully saturated rings. The first kappa shape index (κ1) is 25.8. The fraction of sp³-hybridized carbons (Fsp3) is 0.370. The number of benzene rings is 2. The van der Waals surface area contributed by atoms with E-state index in [1.807, 2.05) is 74.6 Å². The first-order valence-corrected chi connectivity index (χ1v) is 11.9. The number of aromatic nitrogens is 1. The number of rotatable bonds is 11. The highest BCUT2D eigenvalue weighted by Gasteiger charge is 2.27. The highest BCUT2D eigenvalue weighted by Crippen LogP contribution is 2.20. The lowest BCUT2D eigenvalue weighted by Gasteiger charge is -2.23. The maximum atomic E-state index is 13.2. The summed E-state index contributed by atoms with van der Waals surface area (Å²) >= 11 is 0. The highest BCUT2D eigenvalue weighted by molar-refractivity contribution is 5.90. The molecule has 186 valence electrons. The van der Waals surface area contributed by atoms with Crippen molar-refractivity contribution < 1.29 is 19.1 Å². The maximum absolute atomic E-state index is 13.2. The predicted molar refractivity (Wildman–Crippen MR) is 136 cm³/mol. The Hall–Kier alpha value is -3.81. The average molecular weight is 479 g/mol. The Bertz CT molecular complexity index is 1130. The number of carbonyl (C=O) groups excluding carboxylic acids is 3. The molecular formula is C27H34N4O4. The molecule has 0 saturated heterocycles. The van der Waals surface area contributed by atoms with Gasteiger partial charge in [0.05, 0.1) is 5.92 Å². The van der Waals surface area contributed by atoms with E-state index in [4.69, 9.17) is 4.74 Å². The lowest BCUT2D eigenvalue weighted by atomic mass is 9.95. The van der Waals surface area contributed by atoms with Gasteiger partial charge >= 0.3 is 6.09 Å². The van der Waals surface area contributed by atoms with Gasteiger partial charge in [0.25, 0.3) is 0 Å². The van der Waals surface area contributed by atoms with Crippen molar-refractivity contribution in [1.82, 2.24) is 20.9 Å². The maximum Gasteiger partial charge on any atom is 0.407 e. The lowest BCUT2D eigenvalue weighted by molar-refractivity contribution is -0.131. The number of hydrogen-bond acceptors (Lipinski definition) is 4. The van der Waals surface area contributed by atoms with Crippen LogP contribution < -0.4 is 16.0 Å². The van der Waals surface area contributed by atoms with Crippen LogP contribution in [0.4, 0.5) is 4.79 Å². The van der Waals surface area contributed by atoms with Crippen LogP contribution in [0, 0.1) is 11.8 Å². The van der Waals surface area contributed by atoms with E-state index in [2.05, 4.69) is 20.9 Å². The molecule has 8 heteroatoms. The number of hydrogen-bond donors (Lipinski definition) is 4. The number of nitrogens with one attached hydrogen (secondary N) is 4. The molecule has 2 aromatic carbocycles. The van der Waals surface area contributed by atoms with E-state index >= 15 is 0 Å². The van der Waals surface area contributed by atoms with Crippen molar-refractivity contribution in [3.63, 3.8) is 0 Å². The zero-order valence-electron chi connectivity index (χ0n) is 20.5. The number of alkyl carbamates (subject to hydrolysis) is 1. The zero-order chi connectivity index (χ0) is 25.2. The van der Waals surface area contributed by atoms with Crippen molar-refractivity contribution in [2.75, 3.05) is 13.6 Å². The Morgan fingerprint density at radius 2 is 1.69 bits per heavy atom. The van der Waals surface area contributed by atoms with Crippen LogP contribution in [-0.2, 0) is 27.4 Å². The number of carbonyl (C=O) groups is 3. The topological polar surface area (TPSA) is 112 Å². The van der Waals surface area contributed by atoms with Crippen LogP contribution in [0.5, 0.6) is 0 Å². The summed E-state index contributed by atoms with van der Waals surface area (Å²) in [4.78, 5) is 41.2. The van der Waals surface area contributed by atoms with Crippen molar-refractivity contribution in [3.8, 4) is 0 Å². The zero-order valence-corrected chi connectivity index (χ0v) is 20.5. The van der Waals surface area contributed by atoms with Crippen LogP contribution in [0.3, 0.4) is 0 Å². The fourth-order valence-electron chi connectivity index (χ4n) is 4.03. The van der Waals surface area contributed by atoms with E-state index < -0.39 is 18.1 Å². The van der Waals surface area contributed by atoms with Gasteiger partial charge < -0.3 is 25.7 Å². The van der Waals surface area contributed by atoms with Crippen LogP contribution in [0.15, 0.2) is 60.8 Å². The molecule has 35 heavy (non-hydrogen) atoms. The minimum absolute atomic E-state index is 0.116. The Labute approximate surface area is 205 Å². The summed E-state index contributed by atoms with van der Waals surface area (Å²) < 4.78 is 5.26. The van der Waals surface area contributed by atoms with Crippen molar-refractivity contribution in [3.05, 3.63) is 71.9 Å². The molecule has 0 saturated carbocycles. The van der Waals surface area contributed by atoms with Gasteiger partial charge in [0.15, 0.2) is 0 Å². The van der Waals surface area contributed by atoms with E-state index in [0.29, 0.717) is 12.8 Å². The summed E-state index contributed by atoms with van der Waals surface area (Å²) in [5.41, 5.74) is 2.79. The molecule has 2 atom stereocenters. The van der Waals surface area contributed by atoms with Crippen molar-refractivity contribution in [1.29, 1.82) is 0 Å². The second-order valence-electron chi connectivity index (χ2n) is 9.01. The second-order valence-corrected chi connectivity index (χ2v) is 9.01. The predicted octanol–water partition coefficient (Wildman–Crippen LogP) is 3.53. The SMILES string of the molecule is CNC(=O)[C@H](Cc1c[nH]c2ccccc12)NC(=O)C(CNC(=O)OCc1ccccc1)CC(C)C. The van der Waals surface area contributed by atoms with E-state index in [9.17, 15) is 14.4 Å². The van der Waals surface area contributed by atoms with Gasteiger partial charge in [-0.05, 0) is 29.5 Å². The molecule has 3 amide bonds.